The molecule has 0 saturated carbocycles. The van der Waals surface area contributed by atoms with Crippen molar-refractivity contribution in [2.24, 2.45) is 0 Å². The number of methoxy groups -OCH3 is 3. The number of pyridine rings is 1. The topological polar surface area (TPSA) is 55.9 Å². The molecule has 164 valence electrons. The number of hydrogen-bond acceptors (Lipinski definition) is 6. The van der Waals surface area contributed by atoms with Gasteiger partial charge in [0.25, 0.3) is 0 Å². The van der Waals surface area contributed by atoms with Crippen molar-refractivity contribution >= 4 is 16.6 Å². The summed E-state index contributed by atoms with van der Waals surface area (Å²) in [6.07, 6.45) is 8.18. The molecule has 1 saturated heterocycles. The lowest BCUT2D eigenvalue weighted by atomic mass is 9.98. The fourth-order valence-electron chi connectivity index (χ4n) is 4.82. The number of fused-ring (bicyclic) bond motifs is 2. The standard InChI is InChI=1S/C24H35N3O3/c1-28-14-13-27-11-9-17(10-12-27)25-24-18-7-5-4-6-8-20(18)26-21-16-23(30-3)22(29-2)15-19(21)24/h15-17H,4-14H2,1-3H3,(H,25,26). The van der Waals surface area contributed by atoms with Crippen molar-refractivity contribution in [3.05, 3.63) is 23.4 Å². The molecule has 1 aromatic carbocycles. The Hall–Kier alpha value is -2.05. The lowest BCUT2D eigenvalue weighted by Crippen LogP contribution is -2.40. The Labute approximate surface area is 179 Å². The van der Waals surface area contributed by atoms with E-state index in [-0.39, 0.29) is 0 Å². The zero-order valence-electron chi connectivity index (χ0n) is 18.6. The molecule has 6 heteroatoms. The van der Waals surface area contributed by atoms with E-state index < -0.39 is 0 Å². The van der Waals surface area contributed by atoms with Gasteiger partial charge in [-0.1, -0.05) is 6.42 Å². The second-order valence-electron chi connectivity index (χ2n) is 8.45. The third kappa shape index (κ3) is 4.49. The quantitative estimate of drug-likeness (QED) is 0.692. The maximum absolute atomic E-state index is 5.61. The van der Waals surface area contributed by atoms with Gasteiger partial charge >= 0.3 is 0 Å². The van der Waals surface area contributed by atoms with Crippen LogP contribution in [0.5, 0.6) is 11.5 Å². The molecule has 1 aliphatic carbocycles. The number of nitrogens with zero attached hydrogens (tertiary/aromatic N) is 2. The molecule has 6 nitrogen and oxygen atoms in total. The number of anilines is 1. The van der Waals surface area contributed by atoms with E-state index in [2.05, 4.69) is 16.3 Å². The van der Waals surface area contributed by atoms with Crippen LogP contribution in [-0.4, -0.2) is 63.5 Å². The lowest BCUT2D eigenvalue weighted by Gasteiger charge is -2.33. The number of aryl methyl sites for hydroxylation is 1. The molecule has 1 aliphatic heterocycles. The molecule has 0 spiro atoms. The first-order valence-electron chi connectivity index (χ1n) is 11.3. The van der Waals surface area contributed by atoms with Crippen molar-refractivity contribution < 1.29 is 14.2 Å². The van der Waals surface area contributed by atoms with E-state index in [4.69, 9.17) is 19.2 Å². The number of rotatable bonds is 7. The van der Waals surface area contributed by atoms with Crippen molar-refractivity contribution in [2.45, 2.75) is 51.0 Å². The van der Waals surface area contributed by atoms with Crippen molar-refractivity contribution in [3.8, 4) is 11.5 Å². The summed E-state index contributed by atoms with van der Waals surface area (Å²) in [4.78, 5) is 7.56. The highest BCUT2D eigenvalue weighted by Gasteiger charge is 2.24. The Bertz CT molecular complexity index is 863. The molecule has 1 fully saturated rings. The summed E-state index contributed by atoms with van der Waals surface area (Å²) in [6.45, 7) is 4.06. The summed E-state index contributed by atoms with van der Waals surface area (Å²) in [5, 5.41) is 5.10. The van der Waals surface area contributed by atoms with E-state index >= 15 is 0 Å². The maximum Gasteiger partial charge on any atom is 0.162 e. The summed E-state index contributed by atoms with van der Waals surface area (Å²) < 4.78 is 16.4. The molecular weight excluding hydrogens is 378 g/mol. The smallest absolute Gasteiger partial charge is 0.162 e. The fraction of sp³-hybridized carbons (Fsp3) is 0.625. The van der Waals surface area contributed by atoms with Crippen LogP contribution < -0.4 is 14.8 Å². The van der Waals surface area contributed by atoms with Gasteiger partial charge in [0.15, 0.2) is 11.5 Å². The minimum absolute atomic E-state index is 0.481. The molecule has 0 amide bonds. The predicted octanol–water partition coefficient (Wildman–Crippen LogP) is 4.04. The van der Waals surface area contributed by atoms with E-state index in [9.17, 15) is 0 Å². The first-order valence-corrected chi connectivity index (χ1v) is 11.3. The van der Waals surface area contributed by atoms with Gasteiger partial charge in [-0.05, 0) is 50.2 Å². The molecule has 4 rings (SSSR count). The molecule has 1 N–H and O–H groups in total. The highest BCUT2D eigenvalue weighted by molar-refractivity contribution is 5.96. The van der Waals surface area contributed by atoms with Gasteiger partial charge in [-0.25, -0.2) is 0 Å². The first-order chi connectivity index (χ1) is 14.7. The van der Waals surface area contributed by atoms with Crippen LogP contribution in [0.25, 0.3) is 10.9 Å². The molecule has 0 atom stereocenters. The largest absolute Gasteiger partial charge is 0.493 e. The number of likely N-dealkylation sites (tertiary alicyclic amines) is 1. The molecule has 0 radical (unpaired) electrons. The first kappa shape index (κ1) is 21.2. The van der Waals surface area contributed by atoms with Gasteiger partial charge in [0.2, 0.25) is 0 Å². The number of aromatic nitrogens is 1. The molecule has 2 heterocycles. The average Bonchev–Trinajstić information content (AvgIpc) is 3.03. The molecule has 1 aromatic heterocycles. The van der Waals surface area contributed by atoms with Crippen molar-refractivity contribution in [1.29, 1.82) is 0 Å². The van der Waals surface area contributed by atoms with E-state index in [1.54, 1.807) is 21.3 Å². The minimum Gasteiger partial charge on any atom is -0.493 e. The van der Waals surface area contributed by atoms with E-state index in [1.807, 2.05) is 6.07 Å². The summed E-state index contributed by atoms with van der Waals surface area (Å²) in [5.41, 5.74) is 4.93. The molecule has 0 bridgehead atoms. The average molecular weight is 414 g/mol. The summed E-state index contributed by atoms with van der Waals surface area (Å²) in [5.74, 6) is 1.50. The Morgan fingerprint density at radius 1 is 1.00 bits per heavy atom. The maximum atomic E-state index is 5.61. The van der Waals surface area contributed by atoms with Crippen LogP contribution in [-0.2, 0) is 17.6 Å². The van der Waals surface area contributed by atoms with Crippen LogP contribution in [0.1, 0.15) is 43.4 Å². The van der Waals surface area contributed by atoms with Gasteiger partial charge in [0.05, 0.1) is 26.3 Å². The highest BCUT2D eigenvalue weighted by Crippen LogP contribution is 2.39. The van der Waals surface area contributed by atoms with Crippen LogP contribution >= 0.6 is 0 Å². The van der Waals surface area contributed by atoms with Gasteiger partial charge in [-0.3, -0.25) is 4.98 Å². The minimum atomic E-state index is 0.481. The summed E-state index contributed by atoms with van der Waals surface area (Å²) in [7, 11) is 5.16. The Balaban J connectivity index is 1.67. The van der Waals surface area contributed by atoms with Crippen molar-refractivity contribution in [3.63, 3.8) is 0 Å². The second-order valence-corrected chi connectivity index (χ2v) is 8.45. The SMILES string of the molecule is COCCN1CCC(Nc2c3c(nc4cc(OC)c(OC)cc24)CCCCC3)CC1. The van der Waals surface area contributed by atoms with Gasteiger partial charge < -0.3 is 24.4 Å². The second kappa shape index (κ2) is 9.84. The van der Waals surface area contributed by atoms with Crippen LogP contribution in [0.2, 0.25) is 0 Å². The number of nitrogens with one attached hydrogen (secondary N) is 1. The van der Waals surface area contributed by atoms with Crippen molar-refractivity contribution in [1.82, 2.24) is 9.88 Å². The van der Waals surface area contributed by atoms with E-state index in [0.29, 0.717) is 6.04 Å². The molecule has 0 unspecified atom stereocenters. The fourth-order valence-corrected chi connectivity index (χ4v) is 4.82. The Morgan fingerprint density at radius 3 is 2.47 bits per heavy atom. The van der Waals surface area contributed by atoms with Crippen LogP contribution in [0, 0.1) is 0 Å². The molecule has 30 heavy (non-hydrogen) atoms. The van der Waals surface area contributed by atoms with Crippen molar-refractivity contribution in [2.75, 3.05) is 52.9 Å². The predicted molar refractivity (Wildman–Crippen MR) is 121 cm³/mol. The molecular formula is C24H35N3O3. The van der Waals surface area contributed by atoms with Crippen LogP contribution in [0.4, 0.5) is 5.69 Å². The zero-order valence-corrected chi connectivity index (χ0v) is 18.6. The van der Waals surface area contributed by atoms with Gasteiger partial charge in [0.1, 0.15) is 0 Å². The number of benzene rings is 1. The zero-order chi connectivity index (χ0) is 20.9. The Morgan fingerprint density at radius 2 is 1.73 bits per heavy atom. The number of ether oxygens (including phenoxy) is 3. The molecule has 2 aliphatic rings. The summed E-state index contributed by atoms with van der Waals surface area (Å²) in [6, 6.07) is 4.61. The van der Waals surface area contributed by atoms with Gasteiger partial charge in [-0.15, -0.1) is 0 Å². The number of hydrogen-bond donors (Lipinski definition) is 1. The summed E-state index contributed by atoms with van der Waals surface area (Å²) >= 11 is 0. The molecule has 2 aromatic rings. The third-order valence-electron chi connectivity index (χ3n) is 6.56. The normalized spacial score (nSPS) is 18.1. The monoisotopic (exact) mass is 413 g/mol. The highest BCUT2D eigenvalue weighted by atomic mass is 16.5. The van der Waals surface area contributed by atoms with E-state index in [1.165, 1.54) is 36.2 Å². The van der Waals surface area contributed by atoms with Crippen LogP contribution in [0.15, 0.2) is 12.1 Å². The van der Waals surface area contributed by atoms with Crippen LogP contribution in [0.3, 0.4) is 0 Å². The van der Waals surface area contributed by atoms with Gasteiger partial charge in [0, 0.05) is 55.6 Å². The van der Waals surface area contributed by atoms with Gasteiger partial charge in [-0.2, -0.15) is 0 Å². The Kier molecular flexibility index (Phi) is 6.95. The lowest BCUT2D eigenvalue weighted by molar-refractivity contribution is 0.132. The third-order valence-corrected chi connectivity index (χ3v) is 6.56. The van der Waals surface area contributed by atoms with E-state index in [0.717, 1.165) is 74.3 Å². The number of piperidine rings is 1.